The van der Waals surface area contributed by atoms with Crippen LogP contribution in [-0.2, 0) is 9.59 Å². The molecule has 122 valence electrons. The molecule has 1 fully saturated rings. The van der Waals surface area contributed by atoms with E-state index in [1.54, 1.807) is 0 Å². The highest BCUT2D eigenvalue weighted by atomic mass is 19.4. The predicted molar refractivity (Wildman–Crippen MR) is 71.5 cm³/mol. The summed E-state index contributed by atoms with van der Waals surface area (Å²) >= 11 is 0. The molecule has 5 nitrogen and oxygen atoms in total. The number of likely N-dealkylation sites (N-methyl/N-ethyl adjacent to an activating group) is 1. The summed E-state index contributed by atoms with van der Waals surface area (Å²) in [5.74, 6) is -1.28. The first kappa shape index (κ1) is 17.7. The average molecular weight is 309 g/mol. The molecule has 1 heterocycles. The molecular formula is C13H22F3N3O2. The van der Waals surface area contributed by atoms with E-state index in [1.807, 2.05) is 13.8 Å². The van der Waals surface area contributed by atoms with Gasteiger partial charge in [-0.05, 0) is 18.9 Å². The van der Waals surface area contributed by atoms with Crippen LogP contribution in [0, 0.1) is 11.3 Å². The van der Waals surface area contributed by atoms with Crippen LogP contribution in [0.1, 0.15) is 20.3 Å². The first-order valence-corrected chi connectivity index (χ1v) is 6.90. The smallest absolute Gasteiger partial charge is 0.354 e. The van der Waals surface area contributed by atoms with Gasteiger partial charge in [0.1, 0.15) is 0 Å². The molecule has 0 radical (unpaired) electrons. The quantitative estimate of drug-likeness (QED) is 0.788. The summed E-state index contributed by atoms with van der Waals surface area (Å²) in [4.78, 5) is 24.7. The van der Waals surface area contributed by atoms with Crippen LogP contribution >= 0.6 is 0 Å². The van der Waals surface area contributed by atoms with E-state index in [1.165, 1.54) is 7.05 Å². The second-order valence-electron chi connectivity index (χ2n) is 5.87. The standard InChI is InChI=1S/C13H22F3N3O2/c1-9(2)6-18-10(20)7-19(3)11(21)12(13(14,15)16)4-5-17-8-12/h9,17H,4-8H2,1-3H3,(H,18,20). The van der Waals surface area contributed by atoms with Gasteiger partial charge in [0.2, 0.25) is 11.8 Å². The van der Waals surface area contributed by atoms with Gasteiger partial charge < -0.3 is 15.5 Å². The maximum atomic E-state index is 13.2. The fourth-order valence-electron chi connectivity index (χ4n) is 2.26. The molecule has 0 aromatic carbocycles. The highest BCUT2D eigenvalue weighted by Crippen LogP contribution is 2.44. The maximum Gasteiger partial charge on any atom is 0.404 e. The first-order chi connectivity index (χ1) is 9.60. The number of carbonyl (C=O) groups is 2. The molecule has 1 atom stereocenters. The van der Waals surface area contributed by atoms with Crippen molar-refractivity contribution in [3.05, 3.63) is 0 Å². The number of nitrogens with zero attached hydrogens (tertiary/aromatic N) is 1. The number of nitrogens with one attached hydrogen (secondary N) is 2. The molecule has 1 saturated heterocycles. The van der Waals surface area contributed by atoms with Gasteiger partial charge in [-0.3, -0.25) is 9.59 Å². The SMILES string of the molecule is CC(C)CNC(=O)CN(C)C(=O)C1(C(F)(F)F)CCNC1. The van der Waals surface area contributed by atoms with Crippen molar-refractivity contribution >= 4 is 11.8 Å². The zero-order valence-electron chi connectivity index (χ0n) is 12.5. The number of halogens is 3. The molecule has 21 heavy (non-hydrogen) atoms. The highest BCUT2D eigenvalue weighted by Gasteiger charge is 2.62. The first-order valence-electron chi connectivity index (χ1n) is 6.90. The molecule has 0 spiro atoms. The molecule has 0 aromatic heterocycles. The van der Waals surface area contributed by atoms with Crippen molar-refractivity contribution in [1.82, 2.24) is 15.5 Å². The molecule has 0 bridgehead atoms. The summed E-state index contributed by atoms with van der Waals surface area (Å²) < 4.78 is 39.7. The number of hydrogen-bond donors (Lipinski definition) is 2. The van der Waals surface area contributed by atoms with Crippen LogP contribution < -0.4 is 10.6 Å². The Bertz CT molecular complexity index is 391. The Labute approximate surface area is 122 Å². The minimum atomic E-state index is -4.63. The highest BCUT2D eigenvalue weighted by molar-refractivity contribution is 5.88. The Hall–Kier alpha value is -1.31. The number of carbonyl (C=O) groups excluding carboxylic acids is 2. The van der Waals surface area contributed by atoms with E-state index in [0.29, 0.717) is 6.54 Å². The lowest BCUT2D eigenvalue weighted by molar-refractivity contribution is -0.221. The van der Waals surface area contributed by atoms with Crippen molar-refractivity contribution in [3.8, 4) is 0 Å². The molecule has 1 unspecified atom stereocenters. The van der Waals surface area contributed by atoms with Gasteiger partial charge in [-0.25, -0.2) is 0 Å². The zero-order valence-corrected chi connectivity index (χ0v) is 12.5. The van der Waals surface area contributed by atoms with Gasteiger partial charge in [-0.15, -0.1) is 0 Å². The number of alkyl halides is 3. The van der Waals surface area contributed by atoms with Crippen molar-refractivity contribution in [2.75, 3.05) is 33.2 Å². The lowest BCUT2D eigenvalue weighted by atomic mass is 9.84. The Morgan fingerprint density at radius 1 is 1.38 bits per heavy atom. The largest absolute Gasteiger partial charge is 0.404 e. The van der Waals surface area contributed by atoms with Gasteiger partial charge in [0.15, 0.2) is 5.41 Å². The van der Waals surface area contributed by atoms with Crippen LogP contribution in [0.5, 0.6) is 0 Å². The fourth-order valence-corrected chi connectivity index (χ4v) is 2.26. The summed E-state index contributed by atoms with van der Waals surface area (Å²) in [6, 6.07) is 0. The molecule has 1 aliphatic heterocycles. The predicted octanol–water partition coefficient (Wildman–Crippen LogP) is 0.759. The summed E-state index contributed by atoms with van der Waals surface area (Å²) in [5, 5.41) is 5.16. The molecule has 2 amide bonds. The van der Waals surface area contributed by atoms with Crippen molar-refractivity contribution in [3.63, 3.8) is 0 Å². The van der Waals surface area contributed by atoms with Gasteiger partial charge >= 0.3 is 6.18 Å². The van der Waals surface area contributed by atoms with E-state index >= 15 is 0 Å². The van der Waals surface area contributed by atoms with Crippen LogP contribution in [0.4, 0.5) is 13.2 Å². The van der Waals surface area contributed by atoms with Crippen LogP contribution in [0.15, 0.2) is 0 Å². The van der Waals surface area contributed by atoms with Gasteiger partial charge in [-0.2, -0.15) is 13.2 Å². The van der Waals surface area contributed by atoms with E-state index in [4.69, 9.17) is 0 Å². The lowest BCUT2D eigenvalue weighted by Crippen LogP contribution is -2.54. The van der Waals surface area contributed by atoms with Crippen molar-refractivity contribution in [2.45, 2.75) is 26.4 Å². The molecule has 1 rings (SSSR count). The summed E-state index contributed by atoms with van der Waals surface area (Å²) in [7, 11) is 1.23. The second kappa shape index (κ2) is 6.64. The number of amides is 2. The normalized spacial score (nSPS) is 22.4. The third-order valence-electron chi connectivity index (χ3n) is 3.54. The third-order valence-corrected chi connectivity index (χ3v) is 3.54. The van der Waals surface area contributed by atoms with E-state index in [0.717, 1.165) is 4.90 Å². The van der Waals surface area contributed by atoms with Gasteiger partial charge in [-0.1, -0.05) is 13.8 Å². The van der Waals surface area contributed by atoms with E-state index in [9.17, 15) is 22.8 Å². The van der Waals surface area contributed by atoms with Crippen LogP contribution in [0.3, 0.4) is 0 Å². The van der Waals surface area contributed by atoms with Gasteiger partial charge in [0, 0.05) is 20.1 Å². The topological polar surface area (TPSA) is 61.4 Å². The second-order valence-corrected chi connectivity index (χ2v) is 5.87. The zero-order chi connectivity index (χ0) is 16.3. The molecule has 0 saturated carbocycles. The fraction of sp³-hybridized carbons (Fsp3) is 0.846. The molecule has 1 aliphatic rings. The maximum absolute atomic E-state index is 13.2. The Balaban J connectivity index is 2.70. The molecule has 0 aromatic rings. The van der Waals surface area contributed by atoms with E-state index in [2.05, 4.69) is 10.6 Å². The lowest BCUT2D eigenvalue weighted by Gasteiger charge is -2.33. The van der Waals surface area contributed by atoms with Crippen LogP contribution in [0.2, 0.25) is 0 Å². The van der Waals surface area contributed by atoms with Gasteiger partial charge in [0.25, 0.3) is 0 Å². The average Bonchev–Trinajstić information content (AvgIpc) is 2.85. The van der Waals surface area contributed by atoms with Crippen LogP contribution in [-0.4, -0.2) is 56.1 Å². The van der Waals surface area contributed by atoms with E-state index in [-0.39, 0.29) is 25.4 Å². The summed E-state index contributed by atoms with van der Waals surface area (Å²) in [6.07, 6.45) is -4.93. The number of hydrogen-bond acceptors (Lipinski definition) is 3. The van der Waals surface area contributed by atoms with Crippen molar-refractivity contribution in [2.24, 2.45) is 11.3 Å². The van der Waals surface area contributed by atoms with Crippen LogP contribution in [0.25, 0.3) is 0 Å². The van der Waals surface area contributed by atoms with E-state index < -0.39 is 30.0 Å². The van der Waals surface area contributed by atoms with Crippen molar-refractivity contribution < 1.29 is 22.8 Å². The summed E-state index contributed by atoms with van der Waals surface area (Å²) in [6.45, 7) is 3.55. The Morgan fingerprint density at radius 2 is 2.00 bits per heavy atom. The minimum absolute atomic E-state index is 0.138. The third kappa shape index (κ3) is 4.09. The van der Waals surface area contributed by atoms with Gasteiger partial charge in [0.05, 0.1) is 6.54 Å². The Morgan fingerprint density at radius 3 is 2.43 bits per heavy atom. The summed E-state index contributed by atoms with van der Waals surface area (Å²) in [5.41, 5.74) is -2.42. The molecule has 2 N–H and O–H groups in total. The monoisotopic (exact) mass is 309 g/mol. The molecular weight excluding hydrogens is 287 g/mol. The Kier molecular flexibility index (Phi) is 5.61. The number of rotatable bonds is 5. The molecule has 0 aliphatic carbocycles. The van der Waals surface area contributed by atoms with Crippen molar-refractivity contribution in [1.29, 1.82) is 0 Å². The minimum Gasteiger partial charge on any atom is -0.354 e. The molecule has 8 heteroatoms.